The minimum absolute atomic E-state index is 0.171. The third-order valence-electron chi connectivity index (χ3n) is 4.68. The van der Waals surface area contributed by atoms with Crippen LogP contribution in [0.3, 0.4) is 0 Å². The molecule has 0 radical (unpaired) electrons. The summed E-state index contributed by atoms with van der Waals surface area (Å²) in [4.78, 5) is 0. The van der Waals surface area contributed by atoms with Crippen LogP contribution in [0.25, 0.3) is 0 Å². The maximum absolute atomic E-state index is 5.06. The summed E-state index contributed by atoms with van der Waals surface area (Å²) < 4.78 is 7.14. The van der Waals surface area contributed by atoms with E-state index >= 15 is 0 Å². The van der Waals surface area contributed by atoms with Gasteiger partial charge in [0.2, 0.25) is 0 Å². The van der Waals surface area contributed by atoms with E-state index in [4.69, 9.17) is 4.74 Å². The number of aromatic nitrogens is 4. The first-order valence-corrected chi connectivity index (χ1v) is 7.29. The quantitative estimate of drug-likeness (QED) is 0.786. The van der Waals surface area contributed by atoms with E-state index in [-0.39, 0.29) is 6.04 Å². The summed E-state index contributed by atoms with van der Waals surface area (Å²) >= 11 is 0. The second-order valence-corrected chi connectivity index (χ2v) is 5.89. The van der Waals surface area contributed by atoms with Crippen LogP contribution in [0.2, 0.25) is 0 Å². The van der Waals surface area contributed by atoms with Crippen LogP contribution in [-0.4, -0.2) is 40.5 Å². The summed E-state index contributed by atoms with van der Waals surface area (Å²) in [6.07, 6.45) is 5.38. The van der Waals surface area contributed by atoms with Gasteiger partial charge in [-0.05, 0) is 48.4 Å². The van der Waals surface area contributed by atoms with Gasteiger partial charge in [-0.1, -0.05) is 6.42 Å². The number of fused-ring (bicyclic) bond motifs is 2. The standard InChI is InChI=1S/C13H23N5O/c1-9(14-5-6-19-2)13-15-16-17-18(13)12-8-10-3-4-11(12)7-10/h9-12,14H,3-8H2,1-2H3. The average molecular weight is 265 g/mol. The Bertz CT molecular complexity index is 421. The summed E-state index contributed by atoms with van der Waals surface area (Å²) in [6.45, 7) is 3.65. The fourth-order valence-corrected chi connectivity index (χ4v) is 3.70. The molecule has 106 valence electrons. The lowest BCUT2D eigenvalue weighted by atomic mass is 9.95. The number of hydrogen-bond donors (Lipinski definition) is 1. The van der Waals surface area contributed by atoms with Crippen molar-refractivity contribution in [2.75, 3.05) is 20.3 Å². The van der Waals surface area contributed by atoms with E-state index in [2.05, 4.69) is 32.4 Å². The number of rotatable bonds is 6. The van der Waals surface area contributed by atoms with Gasteiger partial charge in [-0.3, -0.25) is 0 Å². The fourth-order valence-electron chi connectivity index (χ4n) is 3.70. The van der Waals surface area contributed by atoms with Crippen molar-refractivity contribution in [3.8, 4) is 0 Å². The topological polar surface area (TPSA) is 64.9 Å². The van der Waals surface area contributed by atoms with Crippen molar-refractivity contribution >= 4 is 0 Å². The predicted octanol–water partition coefficient (Wildman–Crippen LogP) is 1.33. The molecule has 3 rings (SSSR count). The monoisotopic (exact) mass is 265 g/mol. The molecular weight excluding hydrogens is 242 g/mol. The van der Waals surface area contributed by atoms with Crippen molar-refractivity contribution in [3.05, 3.63) is 5.82 Å². The molecule has 6 heteroatoms. The minimum atomic E-state index is 0.171. The highest BCUT2D eigenvalue weighted by Gasteiger charge is 2.42. The summed E-state index contributed by atoms with van der Waals surface area (Å²) in [6, 6.07) is 0.694. The molecule has 0 saturated heterocycles. The second kappa shape index (κ2) is 5.54. The van der Waals surface area contributed by atoms with Crippen LogP contribution in [0.5, 0.6) is 0 Å². The van der Waals surface area contributed by atoms with Gasteiger partial charge in [0.1, 0.15) is 0 Å². The zero-order valence-corrected chi connectivity index (χ0v) is 11.7. The first-order chi connectivity index (χ1) is 9.29. The molecule has 19 heavy (non-hydrogen) atoms. The molecule has 0 amide bonds. The normalized spacial score (nSPS) is 30.9. The van der Waals surface area contributed by atoms with Crippen molar-refractivity contribution < 1.29 is 4.74 Å². The molecule has 0 aliphatic heterocycles. The van der Waals surface area contributed by atoms with Crippen LogP contribution in [0.4, 0.5) is 0 Å². The van der Waals surface area contributed by atoms with Crippen LogP contribution >= 0.6 is 0 Å². The van der Waals surface area contributed by atoms with Crippen molar-refractivity contribution in [2.45, 2.75) is 44.7 Å². The number of ether oxygens (including phenoxy) is 1. The van der Waals surface area contributed by atoms with Gasteiger partial charge in [-0.15, -0.1) is 5.10 Å². The number of nitrogens with zero attached hydrogens (tertiary/aromatic N) is 4. The molecule has 2 fully saturated rings. The van der Waals surface area contributed by atoms with E-state index in [0.29, 0.717) is 12.6 Å². The van der Waals surface area contributed by atoms with Gasteiger partial charge in [0.05, 0.1) is 18.7 Å². The highest BCUT2D eigenvalue weighted by Crippen LogP contribution is 2.50. The zero-order valence-electron chi connectivity index (χ0n) is 11.7. The van der Waals surface area contributed by atoms with Gasteiger partial charge in [0.25, 0.3) is 0 Å². The molecule has 4 atom stereocenters. The zero-order chi connectivity index (χ0) is 13.2. The van der Waals surface area contributed by atoms with Crippen molar-refractivity contribution in [1.29, 1.82) is 0 Å². The highest BCUT2D eigenvalue weighted by molar-refractivity contribution is 4.99. The van der Waals surface area contributed by atoms with Gasteiger partial charge in [0, 0.05) is 13.7 Å². The molecule has 1 aromatic heterocycles. The summed E-state index contributed by atoms with van der Waals surface area (Å²) in [5.41, 5.74) is 0. The first-order valence-electron chi connectivity index (χ1n) is 7.29. The van der Waals surface area contributed by atoms with Crippen molar-refractivity contribution in [3.63, 3.8) is 0 Å². The Morgan fingerprint density at radius 3 is 3.00 bits per heavy atom. The SMILES string of the molecule is COCCNC(C)c1nnnn1C1CC2CCC1C2. The van der Waals surface area contributed by atoms with Crippen LogP contribution < -0.4 is 5.32 Å². The van der Waals surface area contributed by atoms with Crippen molar-refractivity contribution in [1.82, 2.24) is 25.5 Å². The molecule has 2 aliphatic carbocycles. The van der Waals surface area contributed by atoms with Gasteiger partial charge < -0.3 is 10.1 Å². The van der Waals surface area contributed by atoms with Crippen LogP contribution in [-0.2, 0) is 4.74 Å². The number of methoxy groups -OCH3 is 1. The third kappa shape index (κ3) is 2.51. The lowest BCUT2D eigenvalue weighted by Gasteiger charge is -2.24. The summed E-state index contributed by atoms with van der Waals surface area (Å²) in [7, 11) is 1.71. The minimum Gasteiger partial charge on any atom is -0.383 e. The Kier molecular flexibility index (Phi) is 3.79. The van der Waals surface area contributed by atoms with Gasteiger partial charge in [0.15, 0.2) is 5.82 Å². The van der Waals surface area contributed by atoms with E-state index in [9.17, 15) is 0 Å². The molecule has 1 aromatic rings. The number of tetrazole rings is 1. The third-order valence-corrected chi connectivity index (χ3v) is 4.68. The number of hydrogen-bond acceptors (Lipinski definition) is 5. The molecule has 0 spiro atoms. The van der Waals surface area contributed by atoms with Gasteiger partial charge in [-0.2, -0.15) is 0 Å². The van der Waals surface area contributed by atoms with E-state index < -0.39 is 0 Å². The van der Waals surface area contributed by atoms with Gasteiger partial charge >= 0.3 is 0 Å². The van der Waals surface area contributed by atoms with E-state index in [1.165, 1.54) is 25.7 Å². The van der Waals surface area contributed by atoms with E-state index in [1.54, 1.807) is 7.11 Å². The first kappa shape index (κ1) is 13.0. The smallest absolute Gasteiger partial charge is 0.168 e. The summed E-state index contributed by atoms with van der Waals surface area (Å²) in [5, 5.41) is 15.8. The maximum Gasteiger partial charge on any atom is 0.168 e. The molecule has 2 saturated carbocycles. The van der Waals surface area contributed by atoms with Gasteiger partial charge in [-0.25, -0.2) is 4.68 Å². The Morgan fingerprint density at radius 1 is 1.42 bits per heavy atom. The Labute approximate surface area is 113 Å². The molecule has 1 heterocycles. The predicted molar refractivity (Wildman–Crippen MR) is 70.6 cm³/mol. The lowest BCUT2D eigenvalue weighted by Crippen LogP contribution is -2.28. The maximum atomic E-state index is 5.06. The molecule has 4 unspecified atom stereocenters. The lowest BCUT2D eigenvalue weighted by molar-refractivity contribution is 0.195. The molecule has 0 aromatic carbocycles. The van der Waals surface area contributed by atoms with Crippen LogP contribution in [0.15, 0.2) is 0 Å². The van der Waals surface area contributed by atoms with Crippen LogP contribution in [0.1, 0.15) is 50.5 Å². The Hall–Kier alpha value is -1.01. The summed E-state index contributed by atoms with van der Waals surface area (Å²) in [5.74, 6) is 2.66. The van der Waals surface area contributed by atoms with Crippen molar-refractivity contribution in [2.24, 2.45) is 11.8 Å². The second-order valence-electron chi connectivity index (χ2n) is 5.89. The largest absolute Gasteiger partial charge is 0.383 e. The fraction of sp³-hybridized carbons (Fsp3) is 0.923. The molecule has 6 nitrogen and oxygen atoms in total. The molecular formula is C13H23N5O. The average Bonchev–Trinajstić information content (AvgIpc) is 3.14. The Balaban J connectivity index is 1.68. The van der Waals surface area contributed by atoms with Crippen LogP contribution in [0, 0.1) is 11.8 Å². The Morgan fingerprint density at radius 2 is 2.32 bits per heavy atom. The molecule has 2 bridgehead atoms. The van der Waals surface area contributed by atoms with E-state index in [0.717, 1.165) is 24.2 Å². The number of nitrogens with one attached hydrogen (secondary N) is 1. The van der Waals surface area contributed by atoms with E-state index in [1.807, 2.05) is 0 Å². The highest BCUT2D eigenvalue weighted by atomic mass is 16.5. The molecule has 2 aliphatic rings. The molecule has 1 N–H and O–H groups in total.